The Morgan fingerprint density at radius 3 is 1.51 bits per heavy atom. The molecule has 0 radical (unpaired) electrons. The fourth-order valence-electron chi connectivity index (χ4n) is 3.61. The Bertz CT molecular complexity index is 2130. The molecule has 13 nitrogen and oxygen atoms in total. The van der Waals surface area contributed by atoms with E-state index in [1.54, 1.807) is 12.1 Å². The van der Waals surface area contributed by atoms with E-state index in [0.717, 1.165) is 73.3 Å². The molecule has 0 aromatic heterocycles. The number of nitrogens with one attached hydrogen (secondary N) is 1. The minimum atomic E-state index is -3.16. The lowest BCUT2D eigenvalue weighted by molar-refractivity contribution is 0.102. The fourth-order valence-corrected chi connectivity index (χ4v) is 3.61. The van der Waals surface area contributed by atoms with Crippen molar-refractivity contribution in [3.05, 3.63) is 115 Å². The molecule has 0 aliphatic rings. The molecular weight excluding hydrogens is 719 g/mol. The summed E-state index contributed by atoms with van der Waals surface area (Å²) < 4.78 is 70.4. The molecule has 5 aromatic rings. The van der Waals surface area contributed by atoms with Crippen LogP contribution in [-0.2, 0) is 42.9 Å². The van der Waals surface area contributed by atoms with E-state index < -0.39 is 30.4 Å². The maximum absolute atomic E-state index is 12.6. The van der Waals surface area contributed by atoms with Crippen molar-refractivity contribution >= 4 is 74.9 Å². The smallest absolute Gasteiger partial charge is 0.264 e. The van der Waals surface area contributed by atoms with E-state index in [1.165, 1.54) is 5.39 Å². The van der Waals surface area contributed by atoms with E-state index >= 15 is 0 Å². The lowest BCUT2D eigenvalue weighted by Crippen LogP contribution is -2.11. The number of nitrogens with zero attached hydrogens (tertiary/aromatic N) is 2. The van der Waals surface area contributed by atoms with Gasteiger partial charge in [-0.15, -0.1) is 5.11 Å². The maximum atomic E-state index is 12.6. The van der Waals surface area contributed by atoms with Gasteiger partial charge in [0.05, 0.1) is 51.5 Å². The van der Waals surface area contributed by atoms with Gasteiger partial charge in [-0.2, -0.15) is 30.4 Å². The average molecular weight is 762 g/mol. The van der Waals surface area contributed by atoms with Gasteiger partial charge in [-0.25, -0.2) is 0 Å². The first-order valence-electron chi connectivity index (χ1n) is 15.0. The Kier molecular flexibility index (Phi) is 18.8. The van der Waals surface area contributed by atoms with Crippen molar-refractivity contribution in [2.24, 2.45) is 10.2 Å². The number of hydrogen-bond acceptors (Lipinski definition) is 12. The van der Waals surface area contributed by atoms with Crippen molar-refractivity contribution < 1.29 is 42.6 Å². The van der Waals surface area contributed by atoms with Crippen LogP contribution in [0.3, 0.4) is 0 Å². The monoisotopic (exact) mass is 761 g/mol. The molecule has 5 aromatic carbocycles. The Morgan fingerprint density at radius 1 is 0.549 bits per heavy atom. The molecule has 1 N–H and O–H groups in total. The van der Waals surface area contributed by atoms with E-state index in [-0.39, 0.29) is 5.91 Å². The van der Waals surface area contributed by atoms with Crippen molar-refractivity contribution in [3.8, 4) is 0 Å². The average Bonchev–Trinajstić information content (AvgIpc) is 3.12. The summed E-state index contributed by atoms with van der Waals surface area (Å²) in [5.74, 6) is -0.142. The van der Waals surface area contributed by atoms with Crippen LogP contribution in [0.25, 0.3) is 21.5 Å². The highest BCUT2D eigenvalue weighted by molar-refractivity contribution is 7.86. The topological polar surface area (TPSA) is 184 Å². The van der Waals surface area contributed by atoms with E-state index in [2.05, 4.69) is 40.2 Å². The number of azo groups is 1. The lowest BCUT2D eigenvalue weighted by atomic mass is 10.1. The van der Waals surface area contributed by atoms with Crippen molar-refractivity contribution in [3.63, 3.8) is 0 Å². The van der Waals surface area contributed by atoms with Crippen LogP contribution in [0.1, 0.15) is 24.2 Å². The van der Waals surface area contributed by atoms with E-state index in [0.29, 0.717) is 5.56 Å². The van der Waals surface area contributed by atoms with Gasteiger partial charge in [0.1, 0.15) is 0 Å². The SMILES string of the molecule is CC.COS(C)(=O)=O.COS(C)(=O)=O.COS(C)(=O)=O.O=C(Nc1ccc(N=Nc2ccc3ccccc3c2)c2ccccc12)c1ccccc1. The third-order valence-electron chi connectivity index (χ3n) is 6.10. The van der Waals surface area contributed by atoms with Crippen LogP contribution >= 0.6 is 0 Å². The molecule has 0 fully saturated rings. The highest BCUT2D eigenvalue weighted by Crippen LogP contribution is 2.33. The van der Waals surface area contributed by atoms with E-state index in [1.807, 2.05) is 98.8 Å². The summed E-state index contributed by atoms with van der Waals surface area (Å²) in [4.78, 5) is 12.6. The predicted octanol–water partition coefficient (Wildman–Crippen LogP) is 7.46. The molecule has 1 amide bonds. The molecule has 0 spiro atoms. The summed E-state index contributed by atoms with van der Waals surface area (Å²) in [5.41, 5.74) is 2.91. The van der Waals surface area contributed by atoms with E-state index in [4.69, 9.17) is 0 Å². The van der Waals surface area contributed by atoms with Gasteiger partial charge in [0.25, 0.3) is 36.3 Å². The molecule has 0 bridgehead atoms. The van der Waals surface area contributed by atoms with Gasteiger partial charge in [0, 0.05) is 22.0 Å². The molecular formula is C35H43N3O10S3. The maximum Gasteiger partial charge on any atom is 0.264 e. The van der Waals surface area contributed by atoms with Crippen LogP contribution in [0.4, 0.5) is 17.1 Å². The van der Waals surface area contributed by atoms with E-state index in [9.17, 15) is 30.0 Å². The summed E-state index contributed by atoms with van der Waals surface area (Å²) >= 11 is 0. The number of carbonyl (C=O) groups is 1. The van der Waals surface area contributed by atoms with Gasteiger partial charge >= 0.3 is 0 Å². The second-order valence-corrected chi connectivity index (χ2v) is 15.1. The van der Waals surface area contributed by atoms with Gasteiger partial charge < -0.3 is 5.32 Å². The summed E-state index contributed by atoms with van der Waals surface area (Å²) in [6.07, 6.45) is 2.98. The Morgan fingerprint density at radius 2 is 1.00 bits per heavy atom. The van der Waals surface area contributed by atoms with Gasteiger partial charge in [0.2, 0.25) is 0 Å². The zero-order chi connectivity index (χ0) is 38.7. The minimum Gasteiger partial charge on any atom is -0.321 e. The zero-order valence-electron chi connectivity index (χ0n) is 29.6. The third kappa shape index (κ3) is 17.8. The summed E-state index contributed by atoms with van der Waals surface area (Å²) in [6, 6.07) is 35.0. The van der Waals surface area contributed by atoms with Crippen molar-refractivity contribution in [2.75, 3.05) is 45.4 Å². The van der Waals surface area contributed by atoms with Gasteiger partial charge in [0.15, 0.2) is 0 Å². The highest BCUT2D eigenvalue weighted by atomic mass is 32.2. The van der Waals surface area contributed by atoms with Gasteiger partial charge in [-0.1, -0.05) is 86.6 Å². The molecule has 0 unspecified atom stereocenters. The second kappa shape index (κ2) is 21.6. The first kappa shape index (κ1) is 44.4. The zero-order valence-corrected chi connectivity index (χ0v) is 32.0. The Balaban J connectivity index is 0.000000536. The van der Waals surface area contributed by atoms with Crippen molar-refractivity contribution in [1.82, 2.24) is 0 Å². The lowest BCUT2D eigenvalue weighted by Gasteiger charge is -2.10. The molecule has 276 valence electrons. The number of hydrogen-bond donors (Lipinski definition) is 1. The fraction of sp³-hybridized carbons (Fsp3) is 0.229. The molecule has 0 aliphatic carbocycles. The molecule has 51 heavy (non-hydrogen) atoms. The van der Waals surface area contributed by atoms with Gasteiger partial charge in [-0.3, -0.25) is 17.3 Å². The van der Waals surface area contributed by atoms with Crippen LogP contribution < -0.4 is 5.32 Å². The second-order valence-electron chi connectivity index (χ2n) is 9.84. The number of amides is 1. The van der Waals surface area contributed by atoms with Crippen LogP contribution in [0.5, 0.6) is 0 Å². The molecule has 0 heterocycles. The Hall–Kier alpha value is -4.58. The first-order chi connectivity index (χ1) is 24.0. The number of rotatable bonds is 7. The third-order valence-corrected chi connectivity index (χ3v) is 7.92. The summed E-state index contributed by atoms with van der Waals surface area (Å²) in [6.45, 7) is 4.00. The predicted molar refractivity (Wildman–Crippen MR) is 203 cm³/mol. The van der Waals surface area contributed by atoms with Crippen LogP contribution in [-0.4, -0.2) is 71.3 Å². The largest absolute Gasteiger partial charge is 0.321 e. The van der Waals surface area contributed by atoms with Crippen LogP contribution in [0, 0.1) is 0 Å². The first-order valence-corrected chi connectivity index (χ1v) is 20.5. The van der Waals surface area contributed by atoms with Crippen molar-refractivity contribution in [2.45, 2.75) is 13.8 Å². The summed E-state index contributed by atoms with van der Waals surface area (Å²) in [5, 5.41) is 16.1. The highest BCUT2D eigenvalue weighted by Gasteiger charge is 2.10. The number of carbonyl (C=O) groups excluding carboxylic acids is 1. The normalized spacial score (nSPS) is 11.1. The Labute approximate surface area is 300 Å². The molecule has 5 rings (SSSR count). The minimum absolute atomic E-state index is 0.142. The van der Waals surface area contributed by atoms with Crippen LogP contribution in [0.15, 0.2) is 119 Å². The molecule has 0 atom stereocenters. The molecule has 0 saturated heterocycles. The van der Waals surface area contributed by atoms with Crippen LogP contribution in [0.2, 0.25) is 0 Å². The van der Waals surface area contributed by atoms with Gasteiger partial charge in [-0.05, 0) is 47.2 Å². The standard InChI is InChI=1S/C27H19N3O.3C2H6O3S.C2H6/c31-27(20-9-2-1-3-10-20)28-25-16-17-26(24-13-7-6-12-23(24)25)30-29-22-15-14-19-8-4-5-11-21(19)18-22;3*1-5-6(2,3)4;1-2/h1-18H,(H,28,31);3*1-2H3;1-2H3. The molecule has 0 saturated carbocycles. The molecule has 0 aliphatic heterocycles. The molecule has 16 heteroatoms. The van der Waals surface area contributed by atoms with Crippen molar-refractivity contribution in [1.29, 1.82) is 0 Å². The summed E-state index contributed by atoms with van der Waals surface area (Å²) in [7, 11) is -6.12. The number of benzene rings is 5. The quantitative estimate of drug-likeness (QED) is 0.129. The number of fused-ring (bicyclic) bond motifs is 2. The number of anilines is 1.